The fourth-order valence-electron chi connectivity index (χ4n) is 2.69. The number of hydrogen-bond donors (Lipinski definition) is 1. The average molecular weight is 306 g/mol. The number of aliphatic imine (C=N–C) groups is 1. The maximum absolute atomic E-state index is 5.25. The van der Waals surface area contributed by atoms with Gasteiger partial charge < -0.3 is 10.1 Å². The molecule has 21 heavy (non-hydrogen) atoms. The molecule has 1 atom stereocenters. The van der Waals surface area contributed by atoms with Crippen LogP contribution < -0.4 is 10.1 Å². The lowest BCUT2D eigenvalue weighted by Gasteiger charge is -2.18. The number of amidine groups is 1. The molecular formula is C17H26N2OS. The van der Waals surface area contributed by atoms with Gasteiger partial charge in [-0.15, -0.1) is 0 Å². The molecule has 1 aromatic carbocycles. The smallest absolute Gasteiger partial charge is 0.156 e. The van der Waals surface area contributed by atoms with Gasteiger partial charge in [-0.3, -0.25) is 4.99 Å². The van der Waals surface area contributed by atoms with Gasteiger partial charge in [-0.25, -0.2) is 0 Å². The van der Waals surface area contributed by atoms with Crippen LogP contribution in [0.5, 0.6) is 5.75 Å². The number of nitrogens with zero attached hydrogens (tertiary/aromatic N) is 1. The van der Waals surface area contributed by atoms with E-state index >= 15 is 0 Å². The second kappa shape index (κ2) is 8.32. The van der Waals surface area contributed by atoms with E-state index in [1.54, 1.807) is 7.11 Å². The van der Waals surface area contributed by atoms with Gasteiger partial charge in [0.25, 0.3) is 0 Å². The third-order valence-electron chi connectivity index (χ3n) is 4.08. The highest BCUT2D eigenvalue weighted by atomic mass is 32.2. The highest BCUT2D eigenvalue weighted by Crippen LogP contribution is 2.30. The van der Waals surface area contributed by atoms with Crippen LogP contribution in [0.15, 0.2) is 29.3 Å². The molecule has 0 amide bonds. The Morgan fingerprint density at radius 2 is 2.19 bits per heavy atom. The molecule has 1 aliphatic heterocycles. The second-order valence-corrected chi connectivity index (χ2v) is 6.63. The quantitative estimate of drug-likeness (QED) is 0.833. The molecule has 0 saturated carbocycles. The van der Waals surface area contributed by atoms with Gasteiger partial charge in [-0.2, -0.15) is 0 Å². The fraction of sp³-hybridized carbons (Fsp3) is 0.588. The number of thioether (sulfide) groups is 1. The first-order chi connectivity index (χ1) is 10.3. The molecule has 1 aromatic rings. The minimum atomic E-state index is 0.666. The SMILES string of the molecule is CCC(CC)C1CN=C(NCCc2cccc(OC)c2)S1. The van der Waals surface area contributed by atoms with Gasteiger partial charge in [-0.1, -0.05) is 50.6 Å². The molecule has 0 aromatic heterocycles. The monoisotopic (exact) mass is 306 g/mol. The Balaban J connectivity index is 1.74. The summed E-state index contributed by atoms with van der Waals surface area (Å²) >= 11 is 1.92. The van der Waals surface area contributed by atoms with Crippen LogP contribution in [0.4, 0.5) is 0 Å². The molecule has 0 radical (unpaired) electrons. The van der Waals surface area contributed by atoms with E-state index in [1.165, 1.54) is 18.4 Å². The topological polar surface area (TPSA) is 33.6 Å². The summed E-state index contributed by atoms with van der Waals surface area (Å²) in [6.07, 6.45) is 3.49. The first-order valence-corrected chi connectivity index (χ1v) is 8.72. The molecule has 1 heterocycles. The van der Waals surface area contributed by atoms with E-state index in [4.69, 9.17) is 4.74 Å². The summed E-state index contributed by atoms with van der Waals surface area (Å²) in [4.78, 5) is 4.64. The summed E-state index contributed by atoms with van der Waals surface area (Å²) in [6.45, 7) is 6.46. The predicted molar refractivity (Wildman–Crippen MR) is 92.5 cm³/mol. The van der Waals surface area contributed by atoms with Crippen molar-refractivity contribution in [3.8, 4) is 5.75 Å². The van der Waals surface area contributed by atoms with E-state index < -0.39 is 0 Å². The van der Waals surface area contributed by atoms with Crippen LogP contribution in [-0.2, 0) is 6.42 Å². The molecule has 116 valence electrons. The highest BCUT2D eigenvalue weighted by Gasteiger charge is 2.25. The van der Waals surface area contributed by atoms with Gasteiger partial charge in [0.1, 0.15) is 5.75 Å². The number of rotatable bonds is 7. The van der Waals surface area contributed by atoms with Crippen molar-refractivity contribution >= 4 is 16.9 Å². The van der Waals surface area contributed by atoms with E-state index in [0.717, 1.165) is 36.3 Å². The van der Waals surface area contributed by atoms with Crippen molar-refractivity contribution < 1.29 is 4.74 Å². The van der Waals surface area contributed by atoms with Crippen LogP contribution in [0.25, 0.3) is 0 Å². The maximum Gasteiger partial charge on any atom is 0.156 e. The average Bonchev–Trinajstić information content (AvgIpc) is 2.97. The lowest BCUT2D eigenvalue weighted by Crippen LogP contribution is -2.23. The van der Waals surface area contributed by atoms with Gasteiger partial charge in [0.15, 0.2) is 5.17 Å². The van der Waals surface area contributed by atoms with Crippen molar-refractivity contribution in [1.82, 2.24) is 5.32 Å². The molecule has 0 saturated heterocycles. The van der Waals surface area contributed by atoms with Crippen LogP contribution in [0.2, 0.25) is 0 Å². The third kappa shape index (κ3) is 4.67. The lowest BCUT2D eigenvalue weighted by molar-refractivity contribution is 0.414. The largest absolute Gasteiger partial charge is 0.497 e. The van der Waals surface area contributed by atoms with E-state index in [-0.39, 0.29) is 0 Å². The summed E-state index contributed by atoms with van der Waals surface area (Å²) in [5.41, 5.74) is 1.29. The maximum atomic E-state index is 5.25. The molecule has 1 aliphatic rings. The lowest BCUT2D eigenvalue weighted by atomic mass is 9.99. The Kier molecular flexibility index (Phi) is 6.43. The molecule has 0 bridgehead atoms. The Hall–Kier alpha value is -1.16. The van der Waals surface area contributed by atoms with Crippen LogP contribution >= 0.6 is 11.8 Å². The predicted octanol–water partition coefficient (Wildman–Crippen LogP) is 3.73. The van der Waals surface area contributed by atoms with E-state index in [2.05, 4.69) is 36.3 Å². The van der Waals surface area contributed by atoms with Crippen molar-refractivity contribution in [1.29, 1.82) is 0 Å². The molecule has 0 aliphatic carbocycles. The minimum absolute atomic E-state index is 0.666. The van der Waals surface area contributed by atoms with Crippen molar-refractivity contribution in [3.05, 3.63) is 29.8 Å². The van der Waals surface area contributed by atoms with Crippen LogP contribution in [-0.4, -0.2) is 30.6 Å². The van der Waals surface area contributed by atoms with E-state index in [9.17, 15) is 0 Å². The molecule has 1 N–H and O–H groups in total. The molecule has 0 fully saturated rings. The van der Waals surface area contributed by atoms with E-state index in [0.29, 0.717) is 5.25 Å². The van der Waals surface area contributed by atoms with Gasteiger partial charge in [0.2, 0.25) is 0 Å². The van der Waals surface area contributed by atoms with Crippen LogP contribution in [0.1, 0.15) is 32.3 Å². The Morgan fingerprint density at radius 1 is 1.38 bits per heavy atom. The molecule has 3 nitrogen and oxygen atoms in total. The first kappa shape index (κ1) is 16.2. The van der Waals surface area contributed by atoms with Crippen LogP contribution in [0.3, 0.4) is 0 Å². The second-order valence-electron chi connectivity index (χ2n) is 5.41. The Labute approximate surface area is 132 Å². The number of ether oxygens (including phenoxy) is 1. The summed E-state index contributed by atoms with van der Waals surface area (Å²) in [7, 11) is 1.71. The Morgan fingerprint density at radius 3 is 2.90 bits per heavy atom. The van der Waals surface area contributed by atoms with Gasteiger partial charge >= 0.3 is 0 Å². The Bertz CT molecular complexity index is 472. The van der Waals surface area contributed by atoms with Crippen LogP contribution in [0, 0.1) is 5.92 Å². The molecule has 2 rings (SSSR count). The minimum Gasteiger partial charge on any atom is -0.497 e. The summed E-state index contributed by atoms with van der Waals surface area (Å²) in [5, 5.41) is 5.26. The van der Waals surface area contributed by atoms with E-state index in [1.807, 2.05) is 23.9 Å². The molecular weight excluding hydrogens is 280 g/mol. The highest BCUT2D eigenvalue weighted by molar-refractivity contribution is 8.14. The fourth-order valence-corrected chi connectivity index (χ4v) is 4.04. The molecule has 1 unspecified atom stereocenters. The normalized spacial score (nSPS) is 17.9. The number of methoxy groups -OCH3 is 1. The first-order valence-electron chi connectivity index (χ1n) is 7.84. The molecule has 0 spiro atoms. The zero-order valence-corrected chi connectivity index (χ0v) is 14.1. The zero-order chi connectivity index (χ0) is 15.1. The van der Waals surface area contributed by atoms with Crippen molar-refractivity contribution in [2.24, 2.45) is 10.9 Å². The summed E-state index contributed by atoms with van der Waals surface area (Å²) < 4.78 is 5.25. The summed E-state index contributed by atoms with van der Waals surface area (Å²) in [6, 6.07) is 8.26. The van der Waals surface area contributed by atoms with Gasteiger partial charge in [0, 0.05) is 11.8 Å². The standard InChI is InChI=1S/C17H26N2OS/c1-4-14(5-2)16-12-19-17(21-16)18-10-9-13-7-6-8-15(11-13)20-3/h6-8,11,14,16H,4-5,9-10,12H2,1-3H3,(H,18,19). The van der Waals surface area contributed by atoms with Gasteiger partial charge in [-0.05, 0) is 30.0 Å². The number of benzene rings is 1. The van der Waals surface area contributed by atoms with Crippen molar-refractivity contribution in [2.45, 2.75) is 38.4 Å². The molecule has 4 heteroatoms. The third-order valence-corrected chi connectivity index (χ3v) is 5.41. The summed E-state index contributed by atoms with van der Waals surface area (Å²) in [5.74, 6) is 1.71. The van der Waals surface area contributed by atoms with Crippen molar-refractivity contribution in [2.75, 3.05) is 20.2 Å². The zero-order valence-electron chi connectivity index (χ0n) is 13.3. The van der Waals surface area contributed by atoms with Gasteiger partial charge in [0.05, 0.1) is 13.7 Å². The number of hydrogen-bond acceptors (Lipinski definition) is 4. The van der Waals surface area contributed by atoms with Crippen molar-refractivity contribution in [3.63, 3.8) is 0 Å². The number of nitrogens with one attached hydrogen (secondary N) is 1.